The molecule has 0 amide bonds. The van der Waals surface area contributed by atoms with Crippen LogP contribution in [0.1, 0.15) is 0 Å². The van der Waals surface area contributed by atoms with E-state index in [2.05, 4.69) is 9.97 Å². The molecule has 0 unspecified atom stereocenters. The quantitative estimate of drug-likeness (QED) is 0.106. The molecule has 0 saturated heterocycles. The van der Waals surface area contributed by atoms with Gasteiger partial charge in [0.15, 0.2) is 23.3 Å². The van der Waals surface area contributed by atoms with E-state index in [1.165, 1.54) is 0 Å². The Kier molecular flexibility index (Phi) is 5.48. The van der Waals surface area contributed by atoms with E-state index in [4.69, 9.17) is 47.1 Å². The van der Waals surface area contributed by atoms with E-state index < -0.39 is 0 Å². The summed E-state index contributed by atoms with van der Waals surface area (Å²) in [5.74, 6) is 2.02. The molecule has 11 nitrogen and oxygen atoms in total. The summed E-state index contributed by atoms with van der Waals surface area (Å²) < 4.78 is 0. The van der Waals surface area contributed by atoms with Gasteiger partial charge in [0.05, 0.1) is 22.4 Å². The molecular weight excluding hydrogens is 602 g/mol. The number of hydrogen-bond donors (Lipinski definition) is 5. The normalized spacial score (nSPS) is 11.7. The van der Waals surface area contributed by atoms with Crippen molar-refractivity contribution in [3.05, 3.63) is 78.9 Å². The van der Waals surface area contributed by atoms with Crippen molar-refractivity contribution in [1.29, 1.82) is 0 Å². The molecule has 3 aromatic heterocycles. The first-order valence-electron chi connectivity index (χ1n) is 13.6. The van der Waals surface area contributed by atoms with Crippen LogP contribution in [0.5, 0.6) is 0 Å². The molecule has 9 rings (SSSR count). The number of nitrogens with two attached hydrogens (primary N) is 3. The van der Waals surface area contributed by atoms with Crippen LogP contribution in [0.25, 0.3) is 89.7 Å². The van der Waals surface area contributed by atoms with Crippen LogP contribution < -0.4 is 17.2 Å². The molecule has 0 atom stereocenters. The SMILES string of the molecule is Nc1cc2c3nc4nc(nc5[nH]c(nc6nc(nc([nH]3)c2c(N)c1N)-c1ccccc1-6)c1ccccc51)-c1ccccc1-4.[Cu+]. The van der Waals surface area contributed by atoms with Crippen LogP contribution in [0.2, 0.25) is 0 Å². The smallest absolute Gasteiger partial charge is 0.397 e. The number of anilines is 3. The number of rotatable bonds is 0. The van der Waals surface area contributed by atoms with E-state index in [1.54, 1.807) is 6.07 Å². The molecule has 0 fully saturated rings. The van der Waals surface area contributed by atoms with Crippen LogP contribution in [-0.2, 0) is 17.1 Å². The molecular formula is C32H21CuN11+. The van der Waals surface area contributed by atoms with E-state index in [-0.39, 0.29) is 22.8 Å². The van der Waals surface area contributed by atoms with Crippen molar-refractivity contribution >= 4 is 61.2 Å². The van der Waals surface area contributed by atoms with Crippen molar-refractivity contribution < 1.29 is 17.1 Å². The maximum absolute atomic E-state index is 6.55. The number of nitrogens with one attached hydrogen (secondary N) is 2. The maximum atomic E-state index is 6.55. The number of nitrogen functional groups attached to an aromatic ring is 3. The Labute approximate surface area is 259 Å². The van der Waals surface area contributed by atoms with Gasteiger partial charge >= 0.3 is 17.1 Å². The Hall–Kier alpha value is -5.84. The molecule has 0 spiro atoms. The van der Waals surface area contributed by atoms with E-state index >= 15 is 0 Å². The first kappa shape index (κ1) is 25.8. The van der Waals surface area contributed by atoms with Gasteiger partial charge in [-0.05, 0) is 6.07 Å². The molecule has 0 aliphatic carbocycles. The summed E-state index contributed by atoms with van der Waals surface area (Å²) in [4.78, 5) is 36.5. The number of nitrogens with zero attached hydrogens (tertiary/aromatic N) is 6. The van der Waals surface area contributed by atoms with E-state index in [9.17, 15) is 0 Å². The Balaban J connectivity index is 0.00000289. The molecule has 0 saturated carbocycles. The van der Waals surface area contributed by atoms with Crippen molar-refractivity contribution in [1.82, 2.24) is 39.9 Å². The number of hydrogen-bond acceptors (Lipinski definition) is 9. The second kappa shape index (κ2) is 9.33. The Morgan fingerprint density at radius 2 is 0.818 bits per heavy atom. The zero-order valence-electron chi connectivity index (χ0n) is 22.7. The first-order valence-corrected chi connectivity index (χ1v) is 13.6. The second-order valence-electron chi connectivity index (χ2n) is 10.5. The summed E-state index contributed by atoms with van der Waals surface area (Å²) in [6.07, 6.45) is 0. The van der Waals surface area contributed by atoms with Crippen LogP contribution in [0.4, 0.5) is 17.1 Å². The van der Waals surface area contributed by atoms with Crippen LogP contribution in [0.15, 0.2) is 78.9 Å². The van der Waals surface area contributed by atoms with Crippen LogP contribution >= 0.6 is 0 Å². The first-order chi connectivity index (χ1) is 21.0. The van der Waals surface area contributed by atoms with Gasteiger partial charge in [0.1, 0.15) is 22.6 Å². The van der Waals surface area contributed by atoms with Gasteiger partial charge in [-0.25, -0.2) is 29.9 Å². The molecule has 0 radical (unpaired) electrons. The molecule has 44 heavy (non-hydrogen) atoms. The predicted octanol–water partition coefficient (Wildman–Crippen LogP) is 5.61. The minimum Gasteiger partial charge on any atom is -0.397 e. The third-order valence-corrected chi connectivity index (χ3v) is 7.95. The number of H-pyrrole nitrogens is 2. The molecule has 7 aromatic rings. The summed E-state index contributed by atoms with van der Waals surface area (Å²) in [6, 6.07) is 25.4. The maximum Gasteiger partial charge on any atom is 1.00 e. The summed E-state index contributed by atoms with van der Waals surface area (Å²) in [5.41, 5.74) is 25.6. The third kappa shape index (κ3) is 3.62. The number of aromatic nitrogens is 8. The minimum atomic E-state index is 0. The Bertz CT molecular complexity index is 2520. The van der Waals surface area contributed by atoms with E-state index in [1.807, 2.05) is 72.8 Å². The van der Waals surface area contributed by atoms with Crippen molar-refractivity contribution in [3.8, 4) is 45.6 Å². The molecule has 8 N–H and O–H groups in total. The topological polar surface area (TPSA) is 187 Å². The van der Waals surface area contributed by atoms with Gasteiger partial charge < -0.3 is 27.2 Å². The average Bonchev–Trinajstić information content (AvgIpc) is 3.75. The Morgan fingerprint density at radius 1 is 0.432 bits per heavy atom. The predicted molar refractivity (Wildman–Crippen MR) is 169 cm³/mol. The zero-order valence-corrected chi connectivity index (χ0v) is 23.7. The van der Waals surface area contributed by atoms with Gasteiger partial charge in [0.25, 0.3) is 0 Å². The van der Waals surface area contributed by atoms with Gasteiger partial charge in [0, 0.05) is 38.4 Å². The van der Waals surface area contributed by atoms with Gasteiger partial charge in [0.2, 0.25) is 0 Å². The average molecular weight is 623 g/mol. The Morgan fingerprint density at radius 3 is 1.30 bits per heavy atom. The molecule has 12 heteroatoms. The number of fused-ring (bicyclic) bond motifs is 20. The molecule has 214 valence electrons. The van der Waals surface area contributed by atoms with Crippen molar-refractivity contribution in [2.75, 3.05) is 17.2 Å². The monoisotopic (exact) mass is 622 g/mol. The van der Waals surface area contributed by atoms with Gasteiger partial charge in [-0.15, -0.1) is 0 Å². The third-order valence-electron chi connectivity index (χ3n) is 7.95. The van der Waals surface area contributed by atoms with Gasteiger partial charge in [-0.3, -0.25) is 0 Å². The number of aromatic amines is 2. The summed E-state index contributed by atoms with van der Waals surface area (Å²) in [6.45, 7) is 0. The molecule has 2 aliphatic rings. The fourth-order valence-electron chi connectivity index (χ4n) is 5.87. The largest absolute Gasteiger partial charge is 1.00 e. The molecule has 8 bridgehead atoms. The van der Waals surface area contributed by atoms with Crippen LogP contribution in [0, 0.1) is 0 Å². The standard InChI is InChI=1S/C32H21N11.Cu/c33-21-13-20-22(24(35)23(21)34)32-42-30-19-12-6-5-11-18(19)28(40-30)38-26-15-8-2-1-7-14(15)25(36-26)37-27-16-9-3-4-10-17(16)29(39-27)41-31(20)43-32;/h1-13H,33-35H2,(H2,36,37,38,39,40,41,42,43);/q;+1. The molecule has 5 heterocycles. The van der Waals surface area contributed by atoms with Crippen LogP contribution in [-0.4, -0.2) is 39.9 Å². The molecule has 2 aliphatic heterocycles. The van der Waals surface area contributed by atoms with Crippen molar-refractivity contribution in [3.63, 3.8) is 0 Å². The minimum absolute atomic E-state index is 0. The van der Waals surface area contributed by atoms with Crippen molar-refractivity contribution in [2.45, 2.75) is 0 Å². The van der Waals surface area contributed by atoms with Crippen molar-refractivity contribution in [2.24, 2.45) is 0 Å². The summed E-state index contributed by atoms with van der Waals surface area (Å²) in [7, 11) is 0. The zero-order chi connectivity index (χ0) is 28.8. The fraction of sp³-hybridized carbons (Fsp3) is 0. The summed E-state index contributed by atoms with van der Waals surface area (Å²) >= 11 is 0. The summed E-state index contributed by atoms with van der Waals surface area (Å²) in [5, 5.41) is 3.09. The molecule has 4 aromatic carbocycles. The van der Waals surface area contributed by atoms with Gasteiger partial charge in [-0.2, -0.15) is 0 Å². The van der Waals surface area contributed by atoms with E-state index in [0.29, 0.717) is 68.0 Å². The van der Waals surface area contributed by atoms with E-state index in [0.717, 1.165) is 33.0 Å². The van der Waals surface area contributed by atoms with Crippen LogP contribution in [0.3, 0.4) is 0 Å². The second-order valence-corrected chi connectivity index (χ2v) is 10.5. The fourth-order valence-corrected chi connectivity index (χ4v) is 5.87. The number of benzene rings is 4. The van der Waals surface area contributed by atoms with Gasteiger partial charge in [-0.1, -0.05) is 72.8 Å².